The number of nitrogens with zero attached hydrogens (tertiary/aromatic N) is 2. The zero-order valence-corrected chi connectivity index (χ0v) is 14.5. The van der Waals surface area contributed by atoms with Crippen molar-refractivity contribution in [3.05, 3.63) is 17.4 Å². The summed E-state index contributed by atoms with van der Waals surface area (Å²) in [6, 6.07) is 4.14. The molecular formula is C17H22ClN3O2. The van der Waals surface area contributed by atoms with Gasteiger partial charge in [-0.05, 0) is 36.4 Å². The Hall–Kier alpha value is -1.75. The summed E-state index contributed by atoms with van der Waals surface area (Å²) >= 11 is 6.11. The van der Waals surface area contributed by atoms with Crippen LogP contribution in [0.2, 0.25) is 5.28 Å². The van der Waals surface area contributed by atoms with Gasteiger partial charge in [0.25, 0.3) is 0 Å². The van der Waals surface area contributed by atoms with E-state index in [1.54, 1.807) is 14.2 Å². The van der Waals surface area contributed by atoms with Crippen LogP contribution in [0.25, 0.3) is 10.9 Å². The van der Waals surface area contributed by atoms with E-state index in [0.717, 1.165) is 23.1 Å². The highest BCUT2D eigenvalue weighted by Gasteiger charge is 2.23. The lowest BCUT2D eigenvalue weighted by atomic mass is 9.86. The van der Waals surface area contributed by atoms with Crippen LogP contribution in [-0.2, 0) is 0 Å². The van der Waals surface area contributed by atoms with E-state index < -0.39 is 0 Å². The van der Waals surface area contributed by atoms with E-state index in [0.29, 0.717) is 23.5 Å². The van der Waals surface area contributed by atoms with Gasteiger partial charge in [0.15, 0.2) is 11.5 Å². The molecule has 1 fully saturated rings. The van der Waals surface area contributed by atoms with Gasteiger partial charge in [0, 0.05) is 17.5 Å². The molecule has 2 aromatic rings. The first kappa shape index (κ1) is 16.1. The van der Waals surface area contributed by atoms with Crippen LogP contribution in [0, 0.1) is 5.92 Å². The summed E-state index contributed by atoms with van der Waals surface area (Å²) in [7, 11) is 3.23. The van der Waals surface area contributed by atoms with Crippen molar-refractivity contribution < 1.29 is 9.47 Å². The van der Waals surface area contributed by atoms with E-state index in [1.807, 2.05) is 12.1 Å². The van der Waals surface area contributed by atoms with Crippen molar-refractivity contribution in [3.63, 3.8) is 0 Å². The molecule has 1 N–H and O–H groups in total. The monoisotopic (exact) mass is 335 g/mol. The molecule has 1 aliphatic rings. The summed E-state index contributed by atoms with van der Waals surface area (Å²) in [6.45, 7) is 2.28. The molecule has 0 aliphatic heterocycles. The van der Waals surface area contributed by atoms with Crippen molar-refractivity contribution in [2.75, 3.05) is 19.5 Å². The first-order valence-electron chi connectivity index (χ1n) is 7.98. The SMILES string of the molecule is COc1cc2nc(Cl)nc(N[C@@H]3CCCC[C@@H]3C)c2cc1OC. The predicted molar refractivity (Wildman–Crippen MR) is 92.7 cm³/mol. The smallest absolute Gasteiger partial charge is 0.224 e. The summed E-state index contributed by atoms with van der Waals surface area (Å²) in [4.78, 5) is 8.72. The first-order valence-corrected chi connectivity index (χ1v) is 8.36. The third kappa shape index (κ3) is 3.29. The normalized spacial score (nSPS) is 21.2. The Kier molecular flexibility index (Phi) is 4.76. The van der Waals surface area contributed by atoms with Crippen LogP contribution in [0.5, 0.6) is 11.5 Å². The molecular weight excluding hydrogens is 314 g/mol. The Morgan fingerprint density at radius 1 is 1.09 bits per heavy atom. The Bertz CT molecular complexity index is 708. The first-order chi connectivity index (χ1) is 11.1. The number of hydrogen-bond donors (Lipinski definition) is 1. The third-order valence-electron chi connectivity index (χ3n) is 4.61. The average molecular weight is 336 g/mol. The number of aromatic nitrogens is 2. The van der Waals surface area contributed by atoms with Gasteiger partial charge in [-0.3, -0.25) is 0 Å². The lowest BCUT2D eigenvalue weighted by Crippen LogP contribution is -2.30. The maximum Gasteiger partial charge on any atom is 0.224 e. The van der Waals surface area contributed by atoms with Crippen LogP contribution in [0.3, 0.4) is 0 Å². The van der Waals surface area contributed by atoms with E-state index >= 15 is 0 Å². The molecule has 1 saturated carbocycles. The molecule has 2 atom stereocenters. The van der Waals surface area contributed by atoms with E-state index in [9.17, 15) is 0 Å². The summed E-state index contributed by atoms with van der Waals surface area (Å²) in [6.07, 6.45) is 4.94. The van der Waals surface area contributed by atoms with Gasteiger partial charge in [-0.15, -0.1) is 0 Å². The van der Waals surface area contributed by atoms with E-state index in [1.165, 1.54) is 19.3 Å². The number of nitrogens with one attached hydrogen (secondary N) is 1. The number of benzene rings is 1. The number of methoxy groups -OCH3 is 2. The van der Waals surface area contributed by atoms with Crippen molar-refractivity contribution in [3.8, 4) is 11.5 Å². The highest BCUT2D eigenvalue weighted by atomic mass is 35.5. The van der Waals surface area contributed by atoms with Crippen molar-refractivity contribution in [2.45, 2.75) is 38.6 Å². The molecule has 0 radical (unpaired) electrons. The fourth-order valence-electron chi connectivity index (χ4n) is 3.24. The maximum atomic E-state index is 6.11. The second-order valence-corrected chi connectivity index (χ2v) is 6.42. The van der Waals surface area contributed by atoms with Gasteiger partial charge in [0.2, 0.25) is 5.28 Å². The Morgan fingerprint density at radius 3 is 2.48 bits per heavy atom. The molecule has 3 rings (SSSR count). The molecule has 1 aromatic heterocycles. The van der Waals surface area contributed by atoms with Crippen molar-refractivity contribution >= 4 is 28.3 Å². The molecule has 0 bridgehead atoms. The number of halogens is 1. The lowest BCUT2D eigenvalue weighted by molar-refractivity contribution is 0.349. The van der Waals surface area contributed by atoms with Gasteiger partial charge in [-0.25, -0.2) is 9.97 Å². The predicted octanol–water partition coefficient (Wildman–Crippen LogP) is 4.29. The van der Waals surface area contributed by atoms with E-state index in [2.05, 4.69) is 22.2 Å². The molecule has 0 amide bonds. The maximum absolute atomic E-state index is 6.11. The summed E-state index contributed by atoms with van der Waals surface area (Å²) in [5.74, 6) is 2.67. The van der Waals surface area contributed by atoms with Gasteiger partial charge in [-0.2, -0.15) is 0 Å². The molecule has 23 heavy (non-hydrogen) atoms. The molecule has 0 saturated heterocycles. The van der Waals surface area contributed by atoms with Gasteiger partial charge < -0.3 is 14.8 Å². The number of anilines is 1. The molecule has 6 heteroatoms. The molecule has 124 valence electrons. The number of ether oxygens (including phenoxy) is 2. The average Bonchev–Trinajstić information content (AvgIpc) is 2.55. The zero-order valence-electron chi connectivity index (χ0n) is 13.7. The minimum absolute atomic E-state index is 0.232. The van der Waals surface area contributed by atoms with Crippen LogP contribution in [0.4, 0.5) is 5.82 Å². The molecule has 0 unspecified atom stereocenters. The highest BCUT2D eigenvalue weighted by molar-refractivity contribution is 6.28. The molecule has 5 nitrogen and oxygen atoms in total. The Labute approximate surface area is 141 Å². The van der Waals surface area contributed by atoms with E-state index in [4.69, 9.17) is 21.1 Å². The molecule has 1 aliphatic carbocycles. The van der Waals surface area contributed by atoms with Crippen LogP contribution in [-0.4, -0.2) is 30.2 Å². The standard InChI is InChI=1S/C17H22ClN3O2/c1-10-6-4-5-7-12(10)19-16-11-8-14(22-2)15(23-3)9-13(11)20-17(18)21-16/h8-10,12H,4-7H2,1-3H3,(H,19,20,21)/t10-,12+/m0/s1. The van der Waals surface area contributed by atoms with Crippen LogP contribution in [0.1, 0.15) is 32.6 Å². The summed E-state index contributed by atoms with van der Waals surface area (Å²) in [5, 5.41) is 4.70. The topological polar surface area (TPSA) is 56.3 Å². The van der Waals surface area contributed by atoms with Crippen LogP contribution >= 0.6 is 11.6 Å². The molecule has 1 heterocycles. The fourth-order valence-corrected chi connectivity index (χ4v) is 3.42. The van der Waals surface area contributed by atoms with Crippen molar-refractivity contribution in [2.24, 2.45) is 5.92 Å². The second kappa shape index (κ2) is 6.79. The van der Waals surface area contributed by atoms with E-state index in [-0.39, 0.29) is 5.28 Å². The van der Waals surface area contributed by atoms with Crippen LogP contribution in [0.15, 0.2) is 12.1 Å². The number of rotatable bonds is 4. The zero-order chi connectivity index (χ0) is 16.4. The minimum atomic E-state index is 0.232. The van der Waals surface area contributed by atoms with Crippen molar-refractivity contribution in [1.29, 1.82) is 0 Å². The van der Waals surface area contributed by atoms with Crippen LogP contribution < -0.4 is 14.8 Å². The number of hydrogen-bond acceptors (Lipinski definition) is 5. The fraction of sp³-hybridized carbons (Fsp3) is 0.529. The van der Waals surface area contributed by atoms with Gasteiger partial charge in [-0.1, -0.05) is 19.8 Å². The second-order valence-electron chi connectivity index (χ2n) is 6.08. The quantitative estimate of drug-likeness (QED) is 0.844. The Balaban J connectivity index is 2.04. The largest absolute Gasteiger partial charge is 0.493 e. The minimum Gasteiger partial charge on any atom is -0.493 e. The molecule has 1 aromatic carbocycles. The van der Waals surface area contributed by atoms with Gasteiger partial charge >= 0.3 is 0 Å². The summed E-state index contributed by atoms with van der Waals surface area (Å²) < 4.78 is 10.7. The van der Waals surface area contributed by atoms with Gasteiger partial charge in [0.05, 0.1) is 19.7 Å². The summed E-state index contributed by atoms with van der Waals surface area (Å²) in [5.41, 5.74) is 0.744. The number of fused-ring (bicyclic) bond motifs is 1. The van der Waals surface area contributed by atoms with Gasteiger partial charge in [0.1, 0.15) is 5.82 Å². The highest BCUT2D eigenvalue weighted by Crippen LogP contribution is 2.36. The lowest BCUT2D eigenvalue weighted by Gasteiger charge is -2.30. The molecule has 0 spiro atoms. The Morgan fingerprint density at radius 2 is 1.78 bits per heavy atom. The third-order valence-corrected chi connectivity index (χ3v) is 4.78. The van der Waals surface area contributed by atoms with Crippen molar-refractivity contribution in [1.82, 2.24) is 9.97 Å².